The molecule has 2 fully saturated rings. The number of carbonyl (C=O) groups is 2. The number of Topliss-reactive ketones (excluding diaryl/α,β-unsaturated/α-hetero) is 1. The van der Waals surface area contributed by atoms with Crippen molar-refractivity contribution in [3.63, 3.8) is 0 Å². The van der Waals surface area contributed by atoms with Crippen molar-refractivity contribution >= 4 is 17.4 Å². The second-order valence-electron chi connectivity index (χ2n) is 13.8. The molecule has 2 aromatic rings. The van der Waals surface area contributed by atoms with Gasteiger partial charge in [-0.3, -0.25) is 14.5 Å². The summed E-state index contributed by atoms with van der Waals surface area (Å²) >= 11 is 0. The average molecular weight is 564 g/mol. The van der Waals surface area contributed by atoms with Crippen LogP contribution < -0.4 is 14.4 Å². The molecule has 41 heavy (non-hydrogen) atoms. The van der Waals surface area contributed by atoms with Gasteiger partial charge in [0.2, 0.25) is 5.79 Å². The zero-order valence-corrected chi connectivity index (χ0v) is 26.6. The third kappa shape index (κ3) is 3.66. The van der Waals surface area contributed by atoms with Gasteiger partial charge < -0.3 is 14.6 Å². The molecule has 1 unspecified atom stereocenters. The third-order valence-corrected chi connectivity index (χ3v) is 10.7. The number of benzene rings is 2. The minimum absolute atomic E-state index is 0.165. The van der Waals surface area contributed by atoms with Gasteiger partial charge in [0.05, 0.1) is 5.69 Å². The molecule has 0 radical (unpaired) electrons. The first-order valence-corrected chi connectivity index (χ1v) is 14.3. The van der Waals surface area contributed by atoms with Crippen LogP contribution in [0.2, 0.25) is 0 Å². The number of anilines is 1. The summed E-state index contributed by atoms with van der Waals surface area (Å²) in [5.74, 6) is -1.61. The van der Waals surface area contributed by atoms with Crippen LogP contribution in [0.15, 0.2) is 11.3 Å². The van der Waals surface area contributed by atoms with E-state index in [1.807, 2.05) is 62.3 Å². The van der Waals surface area contributed by atoms with Crippen molar-refractivity contribution in [1.82, 2.24) is 0 Å². The zero-order chi connectivity index (χ0) is 30.9. The summed E-state index contributed by atoms with van der Waals surface area (Å²) in [6.07, 6.45) is 0. The molecule has 1 saturated heterocycles. The van der Waals surface area contributed by atoms with Crippen LogP contribution in [0.3, 0.4) is 0 Å². The zero-order valence-electron chi connectivity index (χ0n) is 26.6. The molecule has 3 aliphatic rings. The number of rotatable bonds is 3. The normalized spacial score (nSPS) is 23.5. The van der Waals surface area contributed by atoms with Crippen molar-refractivity contribution in [3.8, 4) is 11.5 Å². The number of fused-ring (bicyclic) bond motifs is 1. The number of aliphatic hydroxyl groups is 1. The van der Waals surface area contributed by atoms with E-state index in [-0.39, 0.29) is 33.9 Å². The molecule has 2 aromatic carbocycles. The lowest BCUT2D eigenvalue weighted by atomic mass is 9.86. The fourth-order valence-corrected chi connectivity index (χ4v) is 7.25. The van der Waals surface area contributed by atoms with Crippen molar-refractivity contribution in [2.45, 2.75) is 102 Å². The minimum atomic E-state index is -1.08. The van der Waals surface area contributed by atoms with Crippen molar-refractivity contribution in [3.05, 3.63) is 61.7 Å². The van der Waals surface area contributed by atoms with Crippen LogP contribution in [0.4, 0.5) is 10.1 Å². The highest BCUT2D eigenvalue weighted by molar-refractivity contribution is 6.34. The molecule has 1 atom stereocenters. The van der Waals surface area contributed by atoms with Gasteiger partial charge in [0.15, 0.2) is 17.3 Å². The van der Waals surface area contributed by atoms with Crippen LogP contribution in [0.25, 0.3) is 0 Å². The van der Waals surface area contributed by atoms with E-state index in [1.165, 1.54) is 4.90 Å². The molecule has 2 aliphatic heterocycles. The molecule has 7 heteroatoms. The maximum absolute atomic E-state index is 15.2. The van der Waals surface area contributed by atoms with Gasteiger partial charge in [-0.25, -0.2) is 4.39 Å². The Morgan fingerprint density at radius 1 is 0.732 bits per heavy atom. The number of allylic oxidation sites excluding steroid dienone is 1. The third-order valence-electron chi connectivity index (χ3n) is 10.7. The van der Waals surface area contributed by atoms with Gasteiger partial charge in [0.25, 0.3) is 5.91 Å². The molecule has 1 aliphatic carbocycles. The number of ketones is 1. The van der Waals surface area contributed by atoms with Crippen molar-refractivity contribution in [2.24, 2.45) is 16.7 Å². The minimum Gasteiger partial charge on any atom is -0.511 e. The molecule has 2 heterocycles. The first kappa shape index (κ1) is 29.2. The number of nitrogens with zero attached hydrogens (tertiary/aromatic N) is 1. The van der Waals surface area contributed by atoms with E-state index in [1.54, 1.807) is 27.7 Å². The molecule has 5 rings (SSSR count). The van der Waals surface area contributed by atoms with E-state index in [0.717, 1.165) is 11.1 Å². The number of halogens is 1. The van der Waals surface area contributed by atoms with Crippen LogP contribution in [0, 0.1) is 71.0 Å². The Balaban J connectivity index is 1.84. The average Bonchev–Trinajstić information content (AvgIpc) is 3.09. The highest BCUT2D eigenvalue weighted by atomic mass is 19.1. The van der Waals surface area contributed by atoms with E-state index in [2.05, 4.69) is 0 Å². The Labute approximate surface area is 242 Å². The van der Waals surface area contributed by atoms with Gasteiger partial charge in [-0.05, 0) is 92.7 Å². The van der Waals surface area contributed by atoms with Gasteiger partial charge in [0, 0.05) is 30.9 Å². The monoisotopic (exact) mass is 563 g/mol. The van der Waals surface area contributed by atoms with E-state index in [4.69, 9.17) is 9.47 Å². The fourth-order valence-electron chi connectivity index (χ4n) is 7.25. The van der Waals surface area contributed by atoms with E-state index < -0.39 is 23.5 Å². The van der Waals surface area contributed by atoms with Gasteiger partial charge >= 0.3 is 0 Å². The summed E-state index contributed by atoms with van der Waals surface area (Å²) in [6.45, 7) is 24.4. The van der Waals surface area contributed by atoms with Crippen LogP contribution in [-0.2, 0) is 9.59 Å². The quantitative estimate of drug-likeness (QED) is 0.236. The summed E-state index contributed by atoms with van der Waals surface area (Å²) in [5.41, 5.74) is 4.69. The van der Waals surface area contributed by atoms with Crippen LogP contribution in [0.1, 0.15) is 92.1 Å². The van der Waals surface area contributed by atoms with E-state index in [9.17, 15) is 14.7 Å². The molecule has 1 amide bonds. The number of carbonyl (C=O) groups excluding carboxylic acids is 2. The number of hydrogen-bond acceptors (Lipinski definition) is 5. The summed E-state index contributed by atoms with van der Waals surface area (Å²) in [6, 6.07) is -1.08. The summed E-state index contributed by atoms with van der Waals surface area (Å²) in [4.78, 5) is 30.6. The largest absolute Gasteiger partial charge is 0.511 e. The lowest BCUT2D eigenvalue weighted by Crippen LogP contribution is -2.32. The lowest BCUT2D eigenvalue weighted by molar-refractivity contribution is -0.117. The number of amides is 1. The molecular weight excluding hydrogens is 521 g/mol. The first-order valence-electron chi connectivity index (χ1n) is 14.3. The van der Waals surface area contributed by atoms with Crippen molar-refractivity contribution in [1.29, 1.82) is 0 Å². The maximum Gasteiger partial charge on any atom is 0.266 e. The maximum atomic E-state index is 15.2. The summed E-state index contributed by atoms with van der Waals surface area (Å²) < 4.78 is 27.5. The highest BCUT2D eigenvalue weighted by Crippen LogP contribution is 2.71. The summed E-state index contributed by atoms with van der Waals surface area (Å²) in [5, 5.41) is 11.6. The van der Waals surface area contributed by atoms with Crippen LogP contribution >= 0.6 is 0 Å². The topological polar surface area (TPSA) is 76.1 Å². The van der Waals surface area contributed by atoms with E-state index in [0.29, 0.717) is 50.6 Å². The number of ether oxygens (including phenoxy) is 2. The van der Waals surface area contributed by atoms with Gasteiger partial charge in [0.1, 0.15) is 23.2 Å². The Morgan fingerprint density at radius 2 is 1.20 bits per heavy atom. The fraction of sp³-hybridized carbons (Fsp3) is 0.529. The second kappa shape index (κ2) is 8.59. The van der Waals surface area contributed by atoms with E-state index >= 15 is 4.39 Å². The van der Waals surface area contributed by atoms with Crippen molar-refractivity contribution < 1.29 is 28.6 Å². The SMILES string of the molecule is Cc1c(C)c(C2C(=O)C(=C(O)C3C(C)(C)C3(C)C)C(=O)N2c2c(C)c(C)c3c(c2C)OC(C)(C)O3)c(C)c(C)c1F. The predicted molar refractivity (Wildman–Crippen MR) is 157 cm³/mol. The smallest absolute Gasteiger partial charge is 0.266 e. The number of hydrogen-bond donors (Lipinski definition) is 1. The standard InChI is InChI=1S/C34H42FNO5/c1-14-16(3)23(35)17(4)15(2)21(14)25-26(37)22(27(38)30-32(8,9)33(30,10)11)31(39)36(25)24-18(5)19(6)28-29(20(24)7)41-34(12,13)40-28/h25,30,38H,1-13H3. The molecule has 6 nitrogen and oxygen atoms in total. The lowest BCUT2D eigenvalue weighted by Gasteiger charge is -2.31. The van der Waals surface area contributed by atoms with Crippen molar-refractivity contribution in [2.75, 3.05) is 4.90 Å². The Morgan fingerprint density at radius 3 is 1.66 bits per heavy atom. The Kier molecular flexibility index (Phi) is 6.11. The van der Waals surface area contributed by atoms with Gasteiger partial charge in [-0.2, -0.15) is 0 Å². The predicted octanol–water partition coefficient (Wildman–Crippen LogP) is 7.64. The molecule has 0 bridgehead atoms. The second-order valence-corrected chi connectivity index (χ2v) is 13.8. The molecule has 0 spiro atoms. The van der Waals surface area contributed by atoms with Crippen LogP contribution in [-0.4, -0.2) is 22.6 Å². The number of aliphatic hydroxyl groups excluding tert-OH is 1. The Bertz CT molecular complexity index is 1570. The molecular formula is C34H42FNO5. The highest BCUT2D eigenvalue weighted by Gasteiger charge is 2.68. The molecule has 1 N–H and O–H groups in total. The molecule has 1 saturated carbocycles. The molecule has 220 valence electrons. The van der Waals surface area contributed by atoms with Crippen LogP contribution in [0.5, 0.6) is 11.5 Å². The van der Waals surface area contributed by atoms with Gasteiger partial charge in [-0.1, -0.05) is 27.7 Å². The first-order chi connectivity index (χ1) is 18.7. The Hall–Kier alpha value is -3.35. The summed E-state index contributed by atoms with van der Waals surface area (Å²) in [7, 11) is 0. The molecule has 0 aromatic heterocycles. The van der Waals surface area contributed by atoms with Gasteiger partial charge in [-0.15, -0.1) is 0 Å².